The highest BCUT2D eigenvalue weighted by Gasteiger charge is 2.22. The fourth-order valence-electron chi connectivity index (χ4n) is 1.57. The number of hydrazine groups is 1. The summed E-state index contributed by atoms with van der Waals surface area (Å²) in [5.74, 6) is 5.41. The molecule has 0 radical (unpaired) electrons. The van der Waals surface area contributed by atoms with Crippen LogP contribution in [0.25, 0.3) is 0 Å². The smallest absolute Gasteiger partial charge is 0.244 e. The predicted molar refractivity (Wildman–Crippen MR) is 82.7 cm³/mol. The first-order chi connectivity index (χ1) is 9.26. The normalized spacial score (nSPS) is 13.5. The summed E-state index contributed by atoms with van der Waals surface area (Å²) in [4.78, 5) is 5.95. The van der Waals surface area contributed by atoms with Gasteiger partial charge in [-0.05, 0) is 56.0 Å². The quantitative estimate of drug-likeness (QED) is 0.486. The lowest BCUT2D eigenvalue weighted by atomic mass is 10.2. The number of nitrogen functional groups attached to an aromatic ring is 1. The fraction of sp³-hybridized carbons (Fsp3) is 0.545. The molecule has 0 aliphatic heterocycles. The Hall–Kier alpha value is -0.740. The average molecular weight is 366 g/mol. The average Bonchev–Trinajstić information content (AvgIpc) is 2.36. The van der Waals surface area contributed by atoms with Crippen molar-refractivity contribution in [3.05, 3.63) is 16.7 Å². The lowest BCUT2D eigenvalue weighted by molar-refractivity contribution is 0.379. The Balaban J connectivity index is 2.91. The van der Waals surface area contributed by atoms with Crippen molar-refractivity contribution < 1.29 is 8.42 Å². The third-order valence-corrected chi connectivity index (χ3v) is 4.65. The van der Waals surface area contributed by atoms with Crippen LogP contribution < -0.4 is 16.0 Å². The van der Waals surface area contributed by atoms with Crippen LogP contribution in [0.3, 0.4) is 0 Å². The Morgan fingerprint density at radius 1 is 1.50 bits per heavy atom. The van der Waals surface area contributed by atoms with E-state index in [2.05, 4.69) is 31.1 Å². The summed E-state index contributed by atoms with van der Waals surface area (Å²) in [5, 5.41) is 0. The molecular weight excluding hydrogens is 346 g/mol. The van der Waals surface area contributed by atoms with E-state index in [0.29, 0.717) is 10.9 Å². The molecule has 1 heterocycles. The Morgan fingerprint density at radius 2 is 2.15 bits per heavy atom. The van der Waals surface area contributed by atoms with Crippen molar-refractivity contribution in [2.45, 2.75) is 24.3 Å². The molecule has 1 rings (SSSR count). The van der Waals surface area contributed by atoms with Crippen molar-refractivity contribution in [3.8, 4) is 0 Å². The summed E-state index contributed by atoms with van der Waals surface area (Å²) in [6.45, 7) is 2.62. The molecule has 0 aliphatic carbocycles. The number of nitrogens with one attached hydrogen (secondary N) is 2. The minimum absolute atomic E-state index is 0.0195. The molecule has 1 aromatic rings. The van der Waals surface area contributed by atoms with Crippen LogP contribution in [0.1, 0.15) is 13.3 Å². The molecule has 7 nitrogen and oxygen atoms in total. The van der Waals surface area contributed by atoms with E-state index >= 15 is 0 Å². The molecular formula is C11H20BrN5O2S. The molecule has 0 saturated carbocycles. The van der Waals surface area contributed by atoms with Gasteiger partial charge in [0.05, 0.1) is 0 Å². The molecule has 4 N–H and O–H groups in total. The first-order valence-electron chi connectivity index (χ1n) is 6.05. The number of nitrogens with two attached hydrogens (primary N) is 1. The van der Waals surface area contributed by atoms with Gasteiger partial charge in [0, 0.05) is 16.7 Å². The van der Waals surface area contributed by atoms with Crippen LogP contribution in [0.2, 0.25) is 0 Å². The number of rotatable bonds is 7. The molecule has 0 aromatic carbocycles. The first-order valence-corrected chi connectivity index (χ1v) is 8.33. The molecule has 0 saturated heterocycles. The van der Waals surface area contributed by atoms with Gasteiger partial charge in [0.2, 0.25) is 10.0 Å². The van der Waals surface area contributed by atoms with E-state index in [-0.39, 0.29) is 16.8 Å². The number of sulfonamides is 1. The van der Waals surface area contributed by atoms with Crippen LogP contribution in [-0.2, 0) is 10.0 Å². The summed E-state index contributed by atoms with van der Waals surface area (Å²) in [6, 6.07) is 1.27. The maximum absolute atomic E-state index is 12.3. The number of pyridine rings is 1. The zero-order valence-corrected chi connectivity index (χ0v) is 14.1. The van der Waals surface area contributed by atoms with Gasteiger partial charge in [-0.1, -0.05) is 0 Å². The second kappa shape index (κ2) is 7.32. The van der Waals surface area contributed by atoms with Crippen molar-refractivity contribution >= 4 is 31.8 Å². The second-order valence-corrected chi connectivity index (χ2v) is 7.36. The van der Waals surface area contributed by atoms with Gasteiger partial charge in [0.25, 0.3) is 0 Å². The molecule has 0 aliphatic rings. The summed E-state index contributed by atoms with van der Waals surface area (Å²) < 4.78 is 27.9. The molecule has 1 unspecified atom stereocenters. The Labute approximate surface area is 128 Å². The van der Waals surface area contributed by atoms with E-state index in [1.54, 1.807) is 0 Å². The van der Waals surface area contributed by atoms with Crippen molar-refractivity contribution in [1.82, 2.24) is 14.6 Å². The van der Waals surface area contributed by atoms with Crippen LogP contribution in [0, 0.1) is 0 Å². The van der Waals surface area contributed by atoms with E-state index in [0.717, 1.165) is 6.54 Å². The van der Waals surface area contributed by atoms with Crippen molar-refractivity contribution in [3.63, 3.8) is 0 Å². The monoisotopic (exact) mass is 365 g/mol. The Bertz CT molecular complexity index is 550. The first kappa shape index (κ1) is 17.3. The van der Waals surface area contributed by atoms with Gasteiger partial charge >= 0.3 is 0 Å². The Kier molecular flexibility index (Phi) is 6.34. The fourth-order valence-corrected chi connectivity index (χ4v) is 3.48. The summed E-state index contributed by atoms with van der Waals surface area (Å²) in [6.07, 6.45) is 2.18. The van der Waals surface area contributed by atoms with Crippen LogP contribution in [0.15, 0.2) is 21.6 Å². The highest BCUT2D eigenvalue weighted by molar-refractivity contribution is 9.10. The Morgan fingerprint density at radius 3 is 2.70 bits per heavy atom. The van der Waals surface area contributed by atoms with Crippen molar-refractivity contribution in [1.29, 1.82) is 0 Å². The zero-order valence-electron chi connectivity index (χ0n) is 11.7. The second-order valence-electron chi connectivity index (χ2n) is 4.76. The number of anilines is 1. The summed E-state index contributed by atoms with van der Waals surface area (Å²) in [5.41, 5.74) is 2.29. The van der Waals surface area contributed by atoms with Gasteiger partial charge in [0.1, 0.15) is 4.90 Å². The van der Waals surface area contributed by atoms with Crippen LogP contribution in [0.5, 0.6) is 0 Å². The molecule has 114 valence electrons. The minimum atomic E-state index is -3.68. The van der Waals surface area contributed by atoms with Gasteiger partial charge in [-0.15, -0.1) is 0 Å². The molecule has 0 amide bonds. The van der Waals surface area contributed by atoms with E-state index in [4.69, 9.17) is 5.84 Å². The minimum Gasteiger partial charge on any atom is -0.309 e. The molecule has 1 atom stereocenters. The predicted octanol–water partition coefficient (Wildman–Crippen LogP) is 0.748. The molecule has 0 fully saturated rings. The highest BCUT2D eigenvalue weighted by Crippen LogP contribution is 2.22. The molecule has 20 heavy (non-hydrogen) atoms. The zero-order chi connectivity index (χ0) is 15.3. The van der Waals surface area contributed by atoms with Gasteiger partial charge in [-0.25, -0.2) is 24.0 Å². The largest absolute Gasteiger partial charge is 0.309 e. The maximum Gasteiger partial charge on any atom is 0.244 e. The van der Waals surface area contributed by atoms with E-state index in [9.17, 15) is 8.42 Å². The number of hydrogen-bond acceptors (Lipinski definition) is 6. The number of nitrogens with zero attached hydrogens (tertiary/aromatic N) is 2. The van der Waals surface area contributed by atoms with Gasteiger partial charge in [-0.3, -0.25) is 0 Å². The summed E-state index contributed by atoms with van der Waals surface area (Å²) >= 11 is 3.20. The third kappa shape index (κ3) is 4.98. The number of hydrogen-bond donors (Lipinski definition) is 3. The molecule has 0 bridgehead atoms. The maximum atomic E-state index is 12.3. The van der Waals surface area contributed by atoms with Gasteiger partial charge < -0.3 is 10.3 Å². The van der Waals surface area contributed by atoms with Crippen LogP contribution in [-0.4, -0.2) is 45.0 Å². The van der Waals surface area contributed by atoms with E-state index in [1.165, 1.54) is 12.3 Å². The standard InChI is InChI=1S/C11H20BrN5O2S/c1-8(4-5-17(2)3)16-20(18,19)10-6-9(12)7-14-11(10)15-13/h6-8,16H,4-5,13H2,1-3H3,(H,14,15). The number of halogens is 1. The lowest BCUT2D eigenvalue weighted by Crippen LogP contribution is -2.35. The number of aromatic nitrogens is 1. The third-order valence-electron chi connectivity index (χ3n) is 2.61. The molecule has 0 spiro atoms. The van der Waals surface area contributed by atoms with E-state index < -0.39 is 10.0 Å². The summed E-state index contributed by atoms with van der Waals surface area (Å²) in [7, 11) is 0.205. The van der Waals surface area contributed by atoms with Gasteiger partial charge in [-0.2, -0.15) is 0 Å². The molecule has 9 heteroatoms. The van der Waals surface area contributed by atoms with E-state index in [1.807, 2.05) is 25.9 Å². The van der Waals surface area contributed by atoms with Gasteiger partial charge in [0.15, 0.2) is 5.82 Å². The molecule has 1 aromatic heterocycles. The van der Waals surface area contributed by atoms with Crippen LogP contribution in [0.4, 0.5) is 5.82 Å². The SMILES string of the molecule is CC(CCN(C)C)NS(=O)(=O)c1cc(Br)cnc1NN. The van der Waals surface area contributed by atoms with Crippen molar-refractivity contribution in [2.24, 2.45) is 5.84 Å². The topological polar surface area (TPSA) is 100 Å². The van der Waals surface area contributed by atoms with Crippen molar-refractivity contribution in [2.75, 3.05) is 26.1 Å². The lowest BCUT2D eigenvalue weighted by Gasteiger charge is -2.17. The van der Waals surface area contributed by atoms with Crippen LogP contribution >= 0.6 is 15.9 Å². The highest BCUT2D eigenvalue weighted by atomic mass is 79.9.